The minimum absolute atomic E-state index is 0.0458. The molecule has 0 aliphatic rings. The van der Waals surface area contributed by atoms with Gasteiger partial charge in [-0.25, -0.2) is 4.98 Å². The van der Waals surface area contributed by atoms with Crippen LogP contribution in [0, 0.1) is 0 Å². The Labute approximate surface area is 129 Å². The van der Waals surface area contributed by atoms with Crippen LogP contribution in [-0.4, -0.2) is 10.7 Å². The van der Waals surface area contributed by atoms with Gasteiger partial charge in [0.2, 0.25) is 0 Å². The van der Waals surface area contributed by atoms with E-state index < -0.39 is 11.7 Å². The second kappa shape index (κ2) is 6.23. The largest absolute Gasteiger partial charge is 0.417 e. The maximum Gasteiger partial charge on any atom is 0.417 e. The number of benzene rings is 1. The van der Waals surface area contributed by atoms with Crippen molar-refractivity contribution in [1.29, 1.82) is 0 Å². The fourth-order valence-electron chi connectivity index (χ4n) is 1.60. The number of hydrogen-bond donors (Lipinski definition) is 2. The van der Waals surface area contributed by atoms with E-state index in [-0.39, 0.29) is 10.8 Å². The lowest BCUT2D eigenvalue weighted by Crippen LogP contribution is -2.07. The summed E-state index contributed by atoms with van der Waals surface area (Å²) in [5.41, 5.74) is 9.26. The molecule has 0 aliphatic carbocycles. The second-order valence-corrected chi connectivity index (χ2v) is 4.89. The van der Waals surface area contributed by atoms with Crippen LogP contribution in [0.2, 0.25) is 5.02 Å². The summed E-state index contributed by atoms with van der Waals surface area (Å²) in [6.45, 7) is 1.73. The molecule has 0 aliphatic heterocycles. The Morgan fingerprint density at radius 1 is 1.27 bits per heavy atom. The van der Waals surface area contributed by atoms with Crippen LogP contribution in [0.3, 0.4) is 0 Å². The Balaban J connectivity index is 2.17. The Kier molecular flexibility index (Phi) is 4.56. The van der Waals surface area contributed by atoms with E-state index in [2.05, 4.69) is 15.5 Å². The molecule has 0 fully saturated rings. The maximum atomic E-state index is 12.5. The number of aromatic nitrogens is 1. The van der Waals surface area contributed by atoms with Crippen molar-refractivity contribution in [2.75, 3.05) is 11.2 Å². The van der Waals surface area contributed by atoms with Crippen LogP contribution < -0.4 is 11.2 Å². The number of rotatable bonds is 3. The van der Waals surface area contributed by atoms with Gasteiger partial charge in [0.25, 0.3) is 0 Å². The summed E-state index contributed by atoms with van der Waals surface area (Å²) in [5.74, 6) is 0.0458. The standard InChI is InChI=1S/C14H12ClF3N4/c1-8(9-2-4-11(19)5-3-9)21-22-13-12(15)6-10(7-20-13)14(16,17)18/h2-7H,19H2,1H3,(H,20,22)/b21-8+. The van der Waals surface area contributed by atoms with Gasteiger partial charge in [-0.15, -0.1) is 0 Å². The summed E-state index contributed by atoms with van der Waals surface area (Å²) in [5, 5.41) is 3.88. The molecule has 0 saturated carbocycles. The number of halogens is 4. The zero-order valence-corrected chi connectivity index (χ0v) is 12.2. The number of nitrogens with two attached hydrogens (primary N) is 1. The highest BCUT2D eigenvalue weighted by atomic mass is 35.5. The molecule has 1 aromatic heterocycles. The smallest absolute Gasteiger partial charge is 0.399 e. The van der Waals surface area contributed by atoms with Gasteiger partial charge in [0.1, 0.15) is 0 Å². The van der Waals surface area contributed by atoms with Gasteiger partial charge < -0.3 is 5.73 Å². The average Bonchev–Trinajstić information content (AvgIpc) is 2.45. The Hall–Kier alpha value is -2.28. The molecule has 0 amide bonds. The van der Waals surface area contributed by atoms with E-state index in [1.54, 1.807) is 31.2 Å². The molecule has 0 unspecified atom stereocenters. The zero-order chi connectivity index (χ0) is 16.3. The molecular formula is C14H12ClF3N4. The number of anilines is 2. The van der Waals surface area contributed by atoms with E-state index >= 15 is 0 Å². The highest BCUT2D eigenvalue weighted by Gasteiger charge is 2.31. The number of alkyl halides is 3. The molecule has 4 nitrogen and oxygen atoms in total. The minimum atomic E-state index is -4.49. The van der Waals surface area contributed by atoms with Crippen LogP contribution in [-0.2, 0) is 6.18 Å². The van der Waals surface area contributed by atoms with E-state index in [4.69, 9.17) is 17.3 Å². The molecule has 2 rings (SSSR count). The summed E-state index contributed by atoms with van der Waals surface area (Å²) >= 11 is 5.77. The molecule has 3 N–H and O–H groups in total. The van der Waals surface area contributed by atoms with Crippen molar-refractivity contribution in [2.45, 2.75) is 13.1 Å². The normalized spacial score (nSPS) is 12.3. The van der Waals surface area contributed by atoms with Crippen molar-refractivity contribution < 1.29 is 13.2 Å². The molecule has 0 bridgehead atoms. The molecule has 22 heavy (non-hydrogen) atoms. The van der Waals surface area contributed by atoms with E-state index in [0.29, 0.717) is 17.6 Å². The van der Waals surface area contributed by atoms with Gasteiger partial charge in [0, 0.05) is 11.9 Å². The van der Waals surface area contributed by atoms with Crippen molar-refractivity contribution in [3.05, 3.63) is 52.7 Å². The topological polar surface area (TPSA) is 63.3 Å². The summed E-state index contributed by atoms with van der Waals surface area (Å²) in [4.78, 5) is 3.63. The number of pyridine rings is 1. The van der Waals surface area contributed by atoms with E-state index in [1.807, 2.05) is 0 Å². The quantitative estimate of drug-likeness (QED) is 0.505. The zero-order valence-electron chi connectivity index (χ0n) is 11.4. The molecule has 2 aromatic rings. The van der Waals surface area contributed by atoms with Gasteiger partial charge in [0.15, 0.2) is 5.82 Å². The van der Waals surface area contributed by atoms with Crippen molar-refractivity contribution in [2.24, 2.45) is 5.10 Å². The van der Waals surface area contributed by atoms with E-state index in [1.165, 1.54) is 0 Å². The fourth-order valence-corrected chi connectivity index (χ4v) is 1.81. The average molecular weight is 329 g/mol. The van der Waals surface area contributed by atoms with Gasteiger partial charge >= 0.3 is 6.18 Å². The molecular weight excluding hydrogens is 317 g/mol. The van der Waals surface area contributed by atoms with Gasteiger partial charge in [-0.2, -0.15) is 18.3 Å². The van der Waals surface area contributed by atoms with Crippen LogP contribution in [0.5, 0.6) is 0 Å². The highest BCUT2D eigenvalue weighted by molar-refractivity contribution is 6.33. The Morgan fingerprint density at radius 3 is 2.45 bits per heavy atom. The van der Waals surface area contributed by atoms with Gasteiger partial charge in [-0.1, -0.05) is 23.7 Å². The molecule has 8 heteroatoms. The number of hydrazone groups is 1. The number of hydrogen-bond acceptors (Lipinski definition) is 4. The lowest BCUT2D eigenvalue weighted by atomic mass is 10.1. The minimum Gasteiger partial charge on any atom is -0.399 e. The van der Waals surface area contributed by atoms with Gasteiger partial charge in [-0.05, 0) is 30.7 Å². The lowest BCUT2D eigenvalue weighted by molar-refractivity contribution is -0.137. The molecule has 1 heterocycles. The van der Waals surface area contributed by atoms with E-state index in [0.717, 1.165) is 11.6 Å². The predicted octanol–water partition coefficient (Wildman–Crippen LogP) is 4.17. The van der Waals surface area contributed by atoms with Crippen LogP contribution >= 0.6 is 11.6 Å². The third kappa shape index (κ3) is 3.88. The van der Waals surface area contributed by atoms with Crippen LogP contribution in [0.1, 0.15) is 18.1 Å². The molecule has 0 saturated heterocycles. The third-order valence-corrected chi connectivity index (χ3v) is 3.11. The van der Waals surface area contributed by atoms with Crippen molar-refractivity contribution >= 4 is 28.8 Å². The monoisotopic (exact) mass is 328 g/mol. The van der Waals surface area contributed by atoms with Crippen LogP contribution in [0.25, 0.3) is 0 Å². The summed E-state index contributed by atoms with van der Waals surface area (Å²) in [6.07, 6.45) is -3.79. The summed E-state index contributed by atoms with van der Waals surface area (Å²) < 4.78 is 37.5. The first-order chi connectivity index (χ1) is 10.3. The first-order valence-electron chi connectivity index (χ1n) is 6.16. The highest BCUT2D eigenvalue weighted by Crippen LogP contribution is 2.32. The van der Waals surface area contributed by atoms with Gasteiger partial charge in [0.05, 0.1) is 16.3 Å². The van der Waals surface area contributed by atoms with Crippen molar-refractivity contribution in [3.63, 3.8) is 0 Å². The van der Waals surface area contributed by atoms with E-state index in [9.17, 15) is 13.2 Å². The predicted molar refractivity (Wildman–Crippen MR) is 80.9 cm³/mol. The Morgan fingerprint density at radius 2 is 1.91 bits per heavy atom. The second-order valence-electron chi connectivity index (χ2n) is 4.48. The van der Waals surface area contributed by atoms with Crippen molar-refractivity contribution in [1.82, 2.24) is 4.98 Å². The van der Waals surface area contributed by atoms with Gasteiger partial charge in [-0.3, -0.25) is 5.43 Å². The summed E-state index contributed by atoms with van der Waals surface area (Å²) in [6, 6.07) is 7.79. The molecule has 0 radical (unpaired) electrons. The Bertz CT molecular complexity index is 696. The first-order valence-corrected chi connectivity index (χ1v) is 6.54. The third-order valence-electron chi connectivity index (χ3n) is 2.83. The summed E-state index contributed by atoms with van der Waals surface area (Å²) in [7, 11) is 0. The lowest BCUT2D eigenvalue weighted by Gasteiger charge is -2.09. The van der Waals surface area contributed by atoms with Crippen LogP contribution in [0.4, 0.5) is 24.7 Å². The number of nitrogens with zero attached hydrogens (tertiary/aromatic N) is 2. The first kappa shape index (κ1) is 16.1. The van der Waals surface area contributed by atoms with Crippen LogP contribution in [0.15, 0.2) is 41.6 Å². The maximum absolute atomic E-state index is 12.5. The fraction of sp³-hybridized carbons (Fsp3) is 0.143. The SMILES string of the molecule is C/C(=N\Nc1ncc(C(F)(F)F)cc1Cl)c1ccc(N)cc1. The molecule has 0 atom stereocenters. The number of nitrogen functional groups attached to an aromatic ring is 1. The number of nitrogens with one attached hydrogen (secondary N) is 1. The molecule has 0 spiro atoms. The molecule has 116 valence electrons. The van der Waals surface area contributed by atoms with Crippen molar-refractivity contribution in [3.8, 4) is 0 Å². The molecule has 1 aromatic carbocycles.